The minimum absolute atomic E-state index is 0.260. The van der Waals surface area contributed by atoms with Crippen molar-refractivity contribution in [2.45, 2.75) is 32.4 Å². The number of hydrogen-bond donors (Lipinski definition) is 1. The molecule has 1 aromatic rings. The summed E-state index contributed by atoms with van der Waals surface area (Å²) in [6.07, 6.45) is 1.30. The van der Waals surface area contributed by atoms with Crippen molar-refractivity contribution < 1.29 is 9.47 Å². The number of nitrogens with one attached hydrogen (secondary N) is 1. The Balaban J connectivity index is 2.04. The molecule has 0 aromatic heterocycles. The van der Waals surface area contributed by atoms with Crippen LogP contribution in [0.25, 0.3) is 0 Å². The average molecular weight is 295 g/mol. The van der Waals surface area contributed by atoms with Crippen LogP contribution in [0, 0.1) is 0 Å². The highest BCUT2D eigenvalue weighted by atomic mass is 32.2. The SMILES string of the molecule is CCCOc1ccc(C(NCC)C2CSCCO2)cc1. The quantitative estimate of drug-likeness (QED) is 0.836. The Labute approximate surface area is 126 Å². The highest BCUT2D eigenvalue weighted by Crippen LogP contribution is 2.27. The number of ether oxygens (including phenoxy) is 2. The molecule has 0 amide bonds. The lowest BCUT2D eigenvalue weighted by molar-refractivity contribution is 0.0472. The Hall–Kier alpha value is -0.710. The number of likely N-dealkylation sites (N-methyl/N-ethyl adjacent to an activating group) is 1. The lowest BCUT2D eigenvalue weighted by Crippen LogP contribution is -2.38. The van der Waals surface area contributed by atoms with Gasteiger partial charge in [-0.25, -0.2) is 0 Å². The summed E-state index contributed by atoms with van der Waals surface area (Å²) in [6.45, 7) is 6.84. The van der Waals surface area contributed by atoms with Crippen molar-refractivity contribution in [3.63, 3.8) is 0 Å². The molecule has 1 fully saturated rings. The summed E-state index contributed by atoms with van der Waals surface area (Å²) in [5.74, 6) is 3.12. The van der Waals surface area contributed by atoms with E-state index in [4.69, 9.17) is 9.47 Å². The summed E-state index contributed by atoms with van der Waals surface area (Å²) < 4.78 is 11.6. The van der Waals surface area contributed by atoms with Crippen LogP contribution in [0.5, 0.6) is 5.75 Å². The number of hydrogen-bond acceptors (Lipinski definition) is 4. The van der Waals surface area contributed by atoms with Crippen LogP contribution < -0.4 is 10.1 Å². The highest BCUT2D eigenvalue weighted by Gasteiger charge is 2.25. The van der Waals surface area contributed by atoms with Crippen LogP contribution in [-0.4, -0.2) is 37.4 Å². The number of thioether (sulfide) groups is 1. The molecule has 1 N–H and O–H groups in total. The molecule has 2 rings (SSSR count). The zero-order valence-corrected chi connectivity index (χ0v) is 13.2. The van der Waals surface area contributed by atoms with E-state index in [0.717, 1.165) is 43.4 Å². The van der Waals surface area contributed by atoms with Gasteiger partial charge in [0.2, 0.25) is 0 Å². The van der Waals surface area contributed by atoms with Crippen LogP contribution in [-0.2, 0) is 4.74 Å². The van der Waals surface area contributed by atoms with Gasteiger partial charge in [-0.1, -0.05) is 26.0 Å². The monoisotopic (exact) mass is 295 g/mol. The van der Waals surface area contributed by atoms with E-state index in [1.165, 1.54) is 5.56 Å². The van der Waals surface area contributed by atoms with Crippen LogP contribution in [0.3, 0.4) is 0 Å². The molecular formula is C16H25NO2S. The zero-order valence-electron chi connectivity index (χ0n) is 12.4. The second kappa shape index (κ2) is 8.55. The molecule has 4 heteroatoms. The van der Waals surface area contributed by atoms with Crippen molar-refractivity contribution in [2.75, 3.05) is 31.3 Å². The molecule has 1 heterocycles. The van der Waals surface area contributed by atoms with Gasteiger partial charge in [-0.15, -0.1) is 0 Å². The van der Waals surface area contributed by atoms with Crippen LogP contribution >= 0.6 is 11.8 Å². The van der Waals surface area contributed by atoms with E-state index >= 15 is 0 Å². The van der Waals surface area contributed by atoms with Gasteiger partial charge >= 0.3 is 0 Å². The van der Waals surface area contributed by atoms with Gasteiger partial charge in [0.25, 0.3) is 0 Å². The fraction of sp³-hybridized carbons (Fsp3) is 0.625. The van der Waals surface area contributed by atoms with Crippen LogP contribution in [0.4, 0.5) is 0 Å². The summed E-state index contributed by atoms with van der Waals surface area (Å²) in [6, 6.07) is 8.70. The Bertz CT molecular complexity index is 377. The van der Waals surface area contributed by atoms with Crippen LogP contribution in [0.15, 0.2) is 24.3 Å². The second-order valence-corrected chi connectivity index (χ2v) is 6.09. The first kappa shape index (κ1) is 15.7. The maximum atomic E-state index is 5.93. The van der Waals surface area contributed by atoms with E-state index in [1.54, 1.807) is 0 Å². The first-order valence-corrected chi connectivity index (χ1v) is 8.66. The minimum Gasteiger partial charge on any atom is -0.494 e. The third-order valence-electron chi connectivity index (χ3n) is 3.35. The standard InChI is InChI=1S/C16H25NO2S/c1-3-9-18-14-7-5-13(6-8-14)16(17-4-2)15-12-20-11-10-19-15/h5-8,15-17H,3-4,9-12H2,1-2H3. The van der Waals surface area contributed by atoms with Gasteiger partial charge in [0.05, 0.1) is 25.4 Å². The molecule has 0 aliphatic carbocycles. The van der Waals surface area contributed by atoms with Gasteiger partial charge < -0.3 is 14.8 Å². The van der Waals surface area contributed by atoms with E-state index in [-0.39, 0.29) is 12.1 Å². The summed E-state index contributed by atoms with van der Waals surface area (Å²) in [5, 5.41) is 3.55. The molecule has 0 radical (unpaired) electrons. The third kappa shape index (κ3) is 4.40. The topological polar surface area (TPSA) is 30.5 Å². The van der Waals surface area contributed by atoms with Gasteiger partial charge in [-0.05, 0) is 30.7 Å². The molecule has 20 heavy (non-hydrogen) atoms. The van der Waals surface area contributed by atoms with Gasteiger partial charge in [-0.2, -0.15) is 11.8 Å². The predicted octanol–water partition coefficient (Wildman–Crippen LogP) is 3.26. The van der Waals surface area contributed by atoms with Crippen molar-refractivity contribution in [3.8, 4) is 5.75 Å². The largest absolute Gasteiger partial charge is 0.494 e. The van der Waals surface area contributed by atoms with E-state index in [1.807, 2.05) is 11.8 Å². The van der Waals surface area contributed by atoms with Crippen LogP contribution in [0.1, 0.15) is 31.9 Å². The fourth-order valence-electron chi connectivity index (χ4n) is 2.37. The van der Waals surface area contributed by atoms with E-state index in [2.05, 4.69) is 43.4 Å². The van der Waals surface area contributed by atoms with Gasteiger partial charge in [0.1, 0.15) is 5.75 Å². The van der Waals surface area contributed by atoms with Crippen molar-refractivity contribution >= 4 is 11.8 Å². The van der Waals surface area contributed by atoms with Gasteiger partial charge in [0.15, 0.2) is 0 Å². The van der Waals surface area contributed by atoms with E-state index in [0.29, 0.717) is 0 Å². The Morgan fingerprint density at radius 3 is 2.75 bits per heavy atom. The molecule has 2 atom stereocenters. The maximum absolute atomic E-state index is 5.93. The van der Waals surface area contributed by atoms with E-state index in [9.17, 15) is 0 Å². The molecule has 1 aliphatic heterocycles. The van der Waals surface area contributed by atoms with Crippen LogP contribution in [0.2, 0.25) is 0 Å². The molecule has 0 bridgehead atoms. The van der Waals surface area contributed by atoms with Crippen molar-refractivity contribution in [3.05, 3.63) is 29.8 Å². The molecular weight excluding hydrogens is 270 g/mol. The Kier molecular flexibility index (Phi) is 6.70. The molecule has 0 saturated carbocycles. The van der Waals surface area contributed by atoms with Gasteiger partial charge in [0, 0.05) is 11.5 Å². The zero-order chi connectivity index (χ0) is 14.2. The molecule has 112 valence electrons. The van der Waals surface area contributed by atoms with Gasteiger partial charge in [-0.3, -0.25) is 0 Å². The number of rotatable bonds is 7. The smallest absolute Gasteiger partial charge is 0.119 e. The van der Waals surface area contributed by atoms with Crippen molar-refractivity contribution in [1.29, 1.82) is 0 Å². The first-order chi connectivity index (χ1) is 9.85. The fourth-order valence-corrected chi connectivity index (χ4v) is 3.28. The number of benzene rings is 1. The molecule has 0 spiro atoms. The van der Waals surface area contributed by atoms with Crippen molar-refractivity contribution in [2.24, 2.45) is 0 Å². The summed E-state index contributed by atoms with van der Waals surface area (Å²) >= 11 is 1.98. The minimum atomic E-state index is 0.260. The summed E-state index contributed by atoms with van der Waals surface area (Å²) in [7, 11) is 0. The Morgan fingerprint density at radius 2 is 2.15 bits per heavy atom. The molecule has 1 aromatic carbocycles. The normalized spacial score (nSPS) is 20.6. The third-order valence-corrected chi connectivity index (χ3v) is 4.37. The first-order valence-electron chi connectivity index (χ1n) is 7.50. The molecule has 1 saturated heterocycles. The van der Waals surface area contributed by atoms with Crippen molar-refractivity contribution in [1.82, 2.24) is 5.32 Å². The summed E-state index contributed by atoms with van der Waals surface area (Å²) in [4.78, 5) is 0. The van der Waals surface area contributed by atoms with E-state index < -0.39 is 0 Å². The lowest BCUT2D eigenvalue weighted by atomic mass is 10.0. The lowest BCUT2D eigenvalue weighted by Gasteiger charge is -2.31. The molecule has 2 unspecified atom stereocenters. The highest BCUT2D eigenvalue weighted by molar-refractivity contribution is 7.99. The summed E-state index contributed by atoms with van der Waals surface area (Å²) in [5.41, 5.74) is 1.28. The second-order valence-electron chi connectivity index (χ2n) is 4.94. The molecule has 3 nitrogen and oxygen atoms in total. The maximum Gasteiger partial charge on any atom is 0.119 e. The average Bonchev–Trinajstić information content (AvgIpc) is 2.52. The Morgan fingerprint density at radius 1 is 1.35 bits per heavy atom. The molecule has 1 aliphatic rings. The predicted molar refractivity (Wildman–Crippen MR) is 85.7 cm³/mol.